The van der Waals surface area contributed by atoms with Crippen molar-refractivity contribution in [2.45, 2.75) is 37.8 Å². The number of aliphatic hydroxyl groups is 1. The molecule has 0 spiro atoms. The lowest BCUT2D eigenvalue weighted by Gasteiger charge is -2.22. The monoisotopic (exact) mass is 198 g/mol. The van der Waals surface area contributed by atoms with Crippen molar-refractivity contribution in [1.29, 1.82) is 0 Å². The molecule has 1 saturated heterocycles. The van der Waals surface area contributed by atoms with Crippen molar-refractivity contribution in [3.8, 4) is 0 Å². The largest absolute Gasteiger partial charge is 0.391 e. The maximum atomic E-state index is 11.9. The number of carbonyl (C=O) groups is 1. The quantitative estimate of drug-likeness (QED) is 0.608. The number of rotatable bonds is 1. The van der Waals surface area contributed by atoms with Crippen LogP contribution in [-0.4, -0.2) is 41.1 Å². The van der Waals surface area contributed by atoms with Gasteiger partial charge >= 0.3 is 0 Å². The minimum atomic E-state index is -0.323. The first kappa shape index (κ1) is 9.93. The molecule has 1 aliphatic carbocycles. The lowest BCUT2D eigenvalue weighted by Crippen LogP contribution is -2.40. The van der Waals surface area contributed by atoms with Gasteiger partial charge in [0.15, 0.2) is 0 Å². The topological polar surface area (TPSA) is 66.6 Å². The summed E-state index contributed by atoms with van der Waals surface area (Å²) in [4.78, 5) is 13.7. The number of hydrogen-bond donors (Lipinski definition) is 2. The van der Waals surface area contributed by atoms with Crippen LogP contribution in [-0.2, 0) is 4.79 Å². The van der Waals surface area contributed by atoms with E-state index in [1.54, 1.807) is 4.90 Å². The summed E-state index contributed by atoms with van der Waals surface area (Å²) in [5, 5.41) is 9.33. The second-order valence-electron chi connectivity index (χ2n) is 4.43. The highest BCUT2D eigenvalue weighted by Gasteiger charge is 2.35. The standard InChI is InChI=1S/C10H18N2O2/c11-9-3-1-2-8(9)10(14)12-5-4-7(13)6-12/h7-9,13H,1-6,11H2/t7-,8?,9?/m1/s1. The van der Waals surface area contributed by atoms with Crippen LogP contribution in [0.3, 0.4) is 0 Å². The zero-order chi connectivity index (χ0) is 10.1. The highest BCUT2D eigenvalue weighted by molar-refractivity contribution is 5.80. The number of nitrogens with zero attached hydrogens (tertiary/aromatic N) is 1. The number of aliphatic hydroxyl groups excluding tert-OH is 1. The number of nitrogens with two attached hydrogens (primary N) is 1. The Kier molecular flexibility index (Phi) is 2.74. The van der Waals surface area contributed by atoms with Crippen LogP contribution in [0.25, 0.3) is 0 Å². The molecule has 3 N–H and O–H groups in total. The maximum absolute atomic E-state index is 11.9. The van der Waals surface area contributed by atoms with Crippen molar-refractivity contribution in [3.05, 3.63) is 0 Å². The van der Waals surface area contributed by atoms with Gasteiger partial charge in [0.05, 0.1) is 12.0 Å². The zero-order valence-electron chi connectivity index (χ0n) is 8.35. The van der Waals surface area contributed by atoms with Gasteiger partial charge in [-0.3, -0.25) is 4.79 Å². The fourth-order valence-corrected chi connectivity index (χ4v) is 2.47. The Hall–Kier alpha value is -0.610. The van der Waals surface area contributed by atoms with Crippen LogP contribution < -0.4 is 5.73 Å². The summed E-state index contributed by atoms with van der Waals surface area (Å²) in [5.74, 6) is 0.173. The SMILES string of the molecule is NC1CCCC1C(=O)N1CC[C@@H](O)C1. The van der Waals surface area contributed by atoms with Gasteiger partial charge < -0.3 is 15.7 Å². The Labute approximate surface area is 84.1 Å². The van der Waals surface area contributed by atoms with Crippen molar-refractivity contribution >= 4 is 5.91 Å². The predicted molar refractivity (Wildman–Crippen MR) is 52.5 cm³/mol. The molecular formula is C10H18N2O2. The first-order valence-electron chi connectivity index (χ1n) is 5.41. The average Bonchev–Trinajstić information content (AvgIpc) is 2.73. The molecule has 1 aliphatic heterocycles. The Balaban J connectivity index is 1.94. The van der Waals surface area contributed by atoms with Crippen LogP contribution in [0.4, 0.5) is 0 Å². The van der Waals surface area contributed by atoms with Crippen LogP contribution in [0.15, 0.2) is 0 Å². The Bertz CT molecular complexity index is 232. The molecule has 0 aromatic heterocycles. The second-order valence-corrected chi connectivity index (χ2v) is 4.43. The lowest BCUT2D eigenvalue weighted by molar-refractivity contribution is -0.135. The maximum Gasteiger partial charge on any atom is 0.227 e. The molecule has 4 nitrogen and oxygen atoms in total. The van der Waals surface area contributed by atoms with Crippen LogP contribution in [0.5, 0.6) is 0 Å². The van der Waals surface area contributed by atoms with Crippen molar-refractivity contribution in [2.75, 3.05) is 13.1 Å². The molecule has 1 heterocycles. The number of hydrogen-bond acceptors (Lipinski definition) is 3. The number of amides is 1. The second kappa shape index (κ2) is 3.87. The molecule has 0 radical (unpaired) electrons. The summed E-state index contributed by atoms with van der Waals surface area (Å²) in [6.07, 6.45) is 3.35. The molecule has 3 atom stereocenters. The summed E-state index contributed by atoms with van der Waals surface area (Å²) >= 11 is 0. The molecule has 0 bridgehead atoms. The summed E-state index contributed by atoms with van der Waals surface area (Å²) in [6.45, 7) is 1.20. The minimum Gasteiger partial charge on any atom is -0.391 e. The number of β-amino-alcohol motifs (C(OH)–C–C–N with tert-alkyl or cyclic N) is 1. The van der Waals surface area contributed by atoms with Gasteiger partial charge in [0.1, 0.15) is 0 Å². The molecule has 2 aliphatic rings. The fourth-order valence-electron chi connectivity index (χ4n) is 2.47. The van der Waals surface area contributed by atoms with E-state index >= 15 is 0 Å². The summed E-state index contributed by atoms with van der Waals surface area (Å²) < 4.78 is 0. The van der Waals surface area contributed by atoms with Crippen molar-refractivity contribution < 1.29 is 9.90 Å². The van der Waals surface area contributed by atoms with Gasteiger partial charge in [0.25, 0.3) is 0 Å². The summed E-state index contributed by atoms with van der Waals surface area (Å²) in [6, 6.07) is 0.0419. The van der Waals surface area contributed by atoms with Crippen molar-refractivity contribution in [2.24, 2.45) is 11.7 Å². The third kappa shape index (κ3) is 1.77. The first-order valence-corrected chi connectivity index (χ1v) is 5.41. The molecule has 2 unspecified atom stereocenters. The van der Waals surface area contributed by atoms with Crippen molar-refractivity contribution in [3.63, 3.8) is 0 Å². The molecule has 0 aromatic carbocycles. The average molecular weight is 198 g/mol. The van der Waals surface area contributed by atoms with E-state index in [0.29, 0.717) is 19.5 Å². The first-order chi connectivity index (χ1) is 6.68. The third-order valence-corrected chi connectivity index (χ3v) is 3.36. The van der Waals surface area contributed by atoms with Gasteiger partial charge in [-0.1, -0.05) is 6.42 Å². The molecule has 2 fully saturated rings. The van der Waals surface area contributed by atoms with E-state index in [1.807, 2.05) is 0 Å². The van der Waals surface area contributed by atoms with Crippen molar-refractivity contribution in [1.82, 2.24) is 4.90 Å². The lowest BCUT2D eigenvalue weighted by atomic mass is 10.0. The van der Waals surface area contributed by atoms with Gasteiger partial charge in [-0.25, -0.2) is 0 Å². The van der Waals surface area contributed by atoms with E-state index in [-0.39, 0.29) is 24.0 Å². The van der Waals surface area contributed by atoms with Crippen LogP contribution in [0.1, 0.15) is 25.7 Å². The molecule has 14 heavy (non-hydrogen) atoms. The van der Waals surface area contributed by atoms with Gasteiger partial charge in [0.2, 0.25) is 5.91 Å². The fraction of sp³-hybridized carbons (Fsp3) is 0.900. The van der Waals surface area contributed by atoms with E-state index in [2.05, 4.69) is 0 Å². The van der Waals surface area contributed by atoms with Crippen LogP contribution >= 0.6 is 0 Å². The predicted octanol–water partition coefficient (Wildman–Crippen LogP) is -0.293. The highest BCUT2D eigenvalue weighted by atomic mass is 16.3. The molecule has 2 rings (SSSR count). The summed E-state index contributed by atoms with van der Waals surface area (Å²) in [7, 11) is 0. The van der Waals surface area contributed by atoms with Gasteiger partial charge in [-0.15, -0.1) is 0 Å². The molecule has 4 heteroatoms. The third-order valence-electron chi connectivity index (χ3n) is 3.36. The van der Waals surface area contributed by atoms with E-state index in [9.17, 15) is 9.90 Å². The molecule has 1 saturated carbocycles. The smallest absolute Gasteiger partial charge is 0.227 e. The Morgan fingerprint density at radius 3 is 2.64 bits per heavy atom. The van der Waals surface area contributed by atoms with Crippen LogP contribution in [0, 0.1) is 5.92 Å². The highest BCUT2D eigenvalue weighted by Crippen LogP contribution is 2.27. The number of carbonyl (C=O) groups excluding carboxylic acids is 1. The van der Waals surface area contributed by atoms with Gasteiger partial charge in [0, 0.05) is 19.1 Å². The zero-order valence-corrected chi connectivity index (χ0v) is 8.35. The molecular weight excluding hydrogens is 180 g/mol. The van der Waals surface area contributed by atoms with Crippen LogP contribution in [0.2, 0.25) is 0 Å². The normalized spacial score (nSPS) is 37.9. The van der Waals surface area contributed by atoms with E-state index in [4.69, 9.17) is 5.73 Å². The van der Waals surface area contributed by atoms with E-state index < -0.39 is 0 Å². The Morgan fingerprint density at radius 2 is 2.14 bits per heavy atom. The summed E-state index contributed by atoms with van der Waals surface area (Å²) in [5.41, 5.74) is 5.87. The van der Waals surface area contributed by atoms with Gasteiger partial charge in [-0.2, -0.15) is 0 Å². The molecule has 1 amide bonds. The van der Waals surface area contributed by atoms with Gasteiger partial charge in [-0.05, 0) is 19.3 Å². The minimum absolute atomic E-state index is 0.0142. The van der Waals surface area contributed by atoms with E-state index in [1.165, 1.54) is 0 Å². The Morgan fingerprint density at radius 1 is 1.36 bits per heavy atom. The van der Waals surface area contributed by atoms with E-state index in [0.717, 1.165) is 19.3 Å². The molecule has 0 aromatic rings. The number of likely N-dealkylation sites (tertiary alicyclic amines) is 1. The molecule has 80 valence electrons.